The number of nitrogens with zero attached hydrogens (tertiary/aromatic N) is 3. The summed E-state index contributed by atoms with van der Waals surface area (Å²) in [7, 11) is 0. The van der Waals surface area contributed by atoms with Crippen LogP contribution in [0.15, 0.2) is 11.1 Å². The fourth-order valence-electron chi connectivity index (χ4n) is 2.92. The lowest BCUT2D eigenvalue weighted by Gasteiger charge is -2.11. The maximum atomic E-state index is 4.69. The van der Waals surface area contributed by atoms with Crippen molar-refractivity contribution < 1.29 is 0 Å². The minimum atomic E-state index is 0.633. The molecule has 0 aromatic carbocycles. The van der Waals surface area contributed by atoms with Gasteiger partial charge in [0.2, 0.25) is 0 Å². The zero-order valence-corrected chi connectivity index (χ0v) is 14.5. The molecule has 2 atom stereocenters. The van der Waals surface area contributed by atoms with Gasteiger partial charge in [-0.15, -0.1) is 0 Å². The number of guanidine groups is 1. The molecule has 1 saturated carbocycles. The molecule has 0 saturated heterocycles. The number of aryl methyl sites for hydroxylation is 3. The van der Waals surface area contributed by atoms with Crippen molar-refractivity contribution in [1.82, 2.24) is 20.4 Å². The third-order valence-electron chi connectivity index (χ3n) is 4.15. The molecule has 0 radical (unpaired) electrons. The Morgan fingerprint density at radius 2 is 2.23 bits per heavy atom. The minimum Gasteiger partial charge on any atom is -0.357 e. The van der Waals surface area contributed by atoms with Crippen molar-refractivity contribution in [3.8, 4) is 0 Å². The maximum absolute atomic E-state index is 4.69. The van der Waals surface area contributed by atoms with Crippen LogP contribution in [-0.4, -0.2) is 34.9 Å². The van der Waals surface area contributed by atoms with Crippen molar-refractivity contribution in [2.24, 2.45) is 10.9 Å². The average molecular weight is 305 g/mol. The summed E-state index contributed by atoms with van der Waals surface area (Å²) in [5, 5.41) is 11.4. The van der Waals surface area contributed by atoms with E-state index in [2.05, 4.69) is 47.3 Å². The molecule has 1 fully saturated rings. The van der Waals surface area contributed by atoms with Crippen LogP contribution in [0.3, 0.4) is 0 Å². The van der Waals surface area contributed by atoms with Gasteiger partial charge in [-0.1, -0.05) is 13.3 Å². The van der Waals surface area contributed by atoms with Crippen LogP contribution in [0.25, 0.3) is 0 Å². The van der Waals surface area contributed by atoms with Crippen LogP contribution in [-0.2, 0) is 6.54 Å². The lowest BCUT2D eigenvalue weighted by atomic mass is 10.2. The molecule has 1 aromatic rings. The Hall–Kier alpha value is -1.52. The minimum absolute atomic E-state index is 0.633. The molecule has 2 unspecified atom stereocenters. The largest absolute Gasteiger partial charge is 0.357 e. The molecular formula is C17H31N5. The van der Waals surface area contributed by atoms with Crippen LogP contribution in [0.4, 0.5) is 0 Å². The number of aliphatic imine (C=N–C) groups is 1. The van der Waals surface area contributed by atoms with Crippen LogP contribution in [0.5, 0.6) is 0 Å². The third-order valence-corrected chi connectivity index (χ3v) is 4.15. The Kier molecular flexibility index (Phi) is 6.28. The van der Waals surface area contributed by atoms with E-state index >= 15 is 0 Å². The van der Waals surface area contributed by atoms with Gasteiger partial charge in [-0.05, 0) is 52.0 Å². The van der Waals surface area contributed by atoms with E-state index in [1.54, 1.807) is 0 Å². The molecular weight excluding hydrogens is 274 g/mol. The molecule has 2 N–H and O–H groups in total. The summed E-state index contributed by atoms with van der Waals surface area (Å²) < 4.78 is 2.07. The zero-order valence-electron chi connectivity index (χ0n) is 14.5. The van der Waals surface area contributed by atoms with E-state index in [9.17, 15) is 0 Å². The fourth-order valence-corrected chi connectivity index (χ4v) is 2.92. The smallest absolute Gasteiger partial charge is 0.191 e. The Bertz CT molecular complexity index is 491. The maximum Gasteiger partial charge on any atom is 0.191 e. The van der Waals surface area contributed by atoms with E-state index in [0.717, 1.165) is 43.6 Å². The molecule has 1 aromatic heterocycles. The first-order chi connectivity index (χ1) is 10.6. The monoisotopic (exact) mass is 305 g/mol. The molecule has 1 heterocycles. The highest BCUT2D eigenvalue weighted by Crippen LogP contribution is 2.34. The van der Waals surface area contributed by atoms with Gasteiger partial charge < -0.3 is 10.6 Å². The van der Waals surface area contributed by atoms with Crippen molar-refractivity contribution in [3.63, 3.8) is 0 Å². The highest BCUT2D eigenvalue weighted by molar-refractivity contribution is 5.80. The van der Waals surface area contributed by atoms with Gasteiger partial charge in [0.05, 0.1) is 5.69 Å². The van der Waals surface area contributed by atoms with Crippen LogP contribution in [0.1, 0.15) is 50.9 Å². The summed E-state index contributed by atoms with van der Waals surface area (Å²) >= 11 is 0. The number of nitrogens with one attached hydrogen (secondary N) is 2. The summed E-state index contributed by atoms with van der Waals surface area (Å²) in [6.45, 7) is 11.2. The quantitative estimate of drug-likeness (QED) is 0.441. The summed E-state index contributed by atoms with van der Waals surface area (Å²) in [5.41, 5.74) is 2.32. The Balaban J connectivity index is 1.74. The Morgan fingerprint density at radius 3 is 2.86 bits per heavy atom. The topological polar surface area (TPSA) is 54.2 Å². The van der Waals surface area contributed by atoms with Gasteiger partial charge in [0.15, 0.2) is 5.96 Å². The molecule has 2 rings (SSSR count). The standard InChI is InChI=1S/C17H31N5/c1-5-8-15-12-16(15)20-17(18-6-2)19-9-7-10-22-14(4)11-13(3)21-22/h11,15-16H,5-10,12H2,1-4H3,(H2,18,19,20). The van der Waals surface area contributed by atoms with E-state index in [-0.39, 0.29) is 0 Å². The molecule has 22 heavy (non-hydrogen) atoms. The number of hydrogen-bond donors (Lipinski definition) is 2. The predicted octanol–water partition coefficient (Wildman–Crippen LogP) is 2.63. The molecule has 5 heteroatoms. The predicted molar refractivity (Wildman–Crippen MR) is 92.2 cm³/mol. The van der Waals surface area contributed by atoms with E-state index in [1.165, 1.54) is 25.0 Å². The van der Waals surface area contributed by atoms with Gasteiger partial charge in [0.1, 0.15) is 0 Å². The van der Waals surface area contributed by atoms with Crippen molar-refractivity contribution in [3.05, 3.63) is 17.5 Å². The molecule has 5 nitrogen and oxygen atoms in total. The first-order valence-corrected chi connectivity index (χ1v) is 8.70. The lowest BCUT2D eigenvalue weighted by molar-refractivity contribution is 0.566. The van der Waals surface area contributed by atoms with Gasteiger partial charge in [0.25, 0.3) is 0 Å². The van der Waals surface area contributed by atoms with E-state index in [4.69, 9.17) is 4.99 Å². The van der Waals surface area contributed by atoms with Crippen molar-refractivity contribution >= 4 is 5.96 Å². The van der Waals surface area contributed by atoms with Crippen LogP contribution < -0.4 is 10.6 Å². The van der Waals surface area contributed by atoms with Gasteiger partial charge in [-0.2, -0.15) is 5.10 Å². The number of hydrogen-bond acceptors (Lipinski definition) is 2. The van der Waals surface area contributed by atoms with E-state index < -0.39 is 0 Å². The second-order valence-corrected chi connectivity index (χ2v) is 6.30. The SMILES string of the molecule is CCCC1CC1NC(=NCCCn1nc(C)cc1C)NCC. The molecule has 0 spiro atoms. The highest BCUT2D eigenvalue weighted by atomic mass is 15.3. The van der Waals surface area contributed by atoms with Crippen LogP contribution in [0, 0.1) is 19.8 Å². The summed E-state index contributed by atoms with van der Waals surface area (Å²) in [6, 6.07) is 2.75. The number of aromatic nitrogens is 2. The molecule has 1 aliphatic carbocycles. The van der Waals surface area contributed by atoms with Crippen LogP contribution in [0.2, 0.25) is 0 Å². The van der Waals surface area contributed by atoms with Crippen molar-refractivity contribution in [2.45, 2.75) is 66.0 Å². The van der Waals surface area contributed by atoms with Crippen molar-refractivity contribution in [2.75, 3.05) is 13.1 Å². The third kappa shape index (κ3) is 5.04. The van der Waals surface area contributed by atoms with E-state index in [1.807, 2.05) is 6.92 Å². The van der Waals surface area contributed by atoms with Crippen molar-refractivity contribution in [1.29, 1.82) is 0 Å². The fraction of sp³-hybridized carbons (Fsp3) is 0.765. The molecule has 1 aliphatic rings. The second kappa shape index (κ2) is 8.20. The highest BCUT2D eigenvalue weighted by Gasteiger charge is 2.36. The van der Waals surface area contributed by atoms with Gasteiger partial charge in [-0.25, -0.2) is 0 Å². The Morgan fingerprint density at radius 1 is 1.41 bits per heavy atom. The molecule has 124 valence electrons. The number of rotatable bonds is 8. The molecule has 0 amide bonds. The normalized spacial score (nSPS) is 21.0. The summed E-state index contributed by atoms with van der Waals surface area (Å²) in [6.07, 6.45) is 4.92. The second-order valence-electron chi connectivity index (χ2n) is 6.30. The van der Waals surface area contributed by atoms with Gasteiger partial charge >= 0.3 is 0 Å². The van der Waals surface area contributed by atoms with Gasteiger partial charge in [-0.3, -0.25) is 9.67 Å². The lowest BCUT2D eigenvalue weighted by Crippen LogP contribution is -2.39. The van der Waals surface area contributed by atoms with Gasteiger partial charge in [0, 0.05) is 31.4 Å². The first kappa shape index (κ1) is 16.8. The molecule has 0 bridgehead atoms. The summed E-state index contributed by atoms with van der Waals surface area (Å²) in [5.74, 6) is 1.82. The zero-order chi connectivity index (χ0) is 15.9. The first-order valence-electron chi connectivity index (χ1n) is 8.70. The molecule has 0 aliphatic heterocycles. The van der Waals surface area contributed by atoms with E-state index in [0.29, 0.717) is 6.04 Å². The summed E-state index contributed by atoms with van der Waals surface area (Å²) in [4.78, 5) is 4.69. The van der Waals surface area contributed by atoms with Crippen LogP contribution >= 0.6 is 0 Å². The average Bonchev–Trinajstić information content (AvgIpc) is 3.11. The Labute approximate surface area is 134 Å².